The highest BCUT2D eigenvalue weighted by Gasteiger charge is 2.20. The number of aryl methyl sites for hydroxylation is 1. The molecule has 2 heterocycles. The lowest BCUT2D eigenvalue weighted by molar-refractivity contribution is 0.0819. The molecule has 0 saturated heterocycles. The second-order valence-corrected chi connectivity index (χ2v) is 4.24. The Kier molecular flexibility index (Phi) is 2.92. The van der Waals surface area contributed by atoms with Gasteiger partial charge in [0.05, 0.1) is 4.88 Å². The first-order valence-corrected chi connectivity index (χ1v) is 5.61. The van der Waals surface area contributed by atoms with Crippen LogP contribution >= 0.6 is 11.3 Å². The Labute approximate surface area is 96.8 Å². The zero-order chi connectivity index (χ0) is 11.5. The van der Waals surface area contributed by atoms with Crippen molar-refractivity contribution in [3.63, 3.8) is 0 Å². The molecule has 2 rings (SSSR count). The van der Waals surface area contributed by atoms with Gasteiger partial charge in [0.25, 0.3) is 0 Å². The number of carbonyl (C=O) groups excluding carboxylic acids is 2. The second kappa shape index (κ2) is 4.37. The van der Waals surface area contributed by atoms with E-state index in [4.69, 9.17) is 0 Å². The molecule has 0 saturated carbocycles. The molecule has 80 valence electrons. The molecule has 4 heteroatoms. The maximum Gasteiger partial charge on any atom is 0.243 e. The minimum atomic E-state index is -0.479. The van der Waals surface area contributed by atoms with E-state index in [1.807, 2.05) is 18.4 Å². The molecule has 3 nitrogen and oxygen atoms in total. The highest BCUT2D eigenvalue weighted by Crippen LogP contribution is 2.18. The van der Waals surface area contributed by atoms with Crippen LogP contribution in [0.25, 0.3) is 0 Å². The summed E-state index contributed by atoms with van der Waals surface area (Å²) in [5.74, 6) is -0.924. The summed E-state index contributed by atoms with van der Waals surface area (Å²) in [7, 11) is 0. The molecule has 2 aromatic heterocycles. The largest absolute Gasteiger partial charge is 0.285 e. The number of ketones is 2. The van der Waals surface area contributed by atoms with Crippen molar-refractivity contribution >= 4 is 22.9 Å². The number of pyridine rings is 1. The third-order valence-corrected chi connectivity index (χ3v) is 3.23. The van der Waals surface area contributed by atoms with Crippen LogP contribution in [0.3, 0.4) is 0 Å². The Hall–Kier alpha value is -1.81. The lowest BCUT2D eigenvalue weighted by atomic mass is 10.1. The van der Waals surface area contributed by atoms with Gasteiger partial charge in [0.1, 0.15) is 0 Å². The van der Waals surface area contributed by atoms with Gasteiger partial charge in [-0.1, -0.05) is 0 Å². The molecule has 0 atom stereocenters. The van der Waals surface area contributed by atoms with E-state index in [1.165, 1.54) is 23.7 Å². The number of thiophene rings is 1. The van der Waals surface area contributed by atoms with Gasteiger partial charge in [0.2, 0.25) is 11.6 Å². The van der Waals surface area contributed by atoms with Crippen molar-refractivity contribution in [1.29, 1.82) is 0 Å². The van der Waals surface area contributed by atoms with Crippen molar-refractivity contribution in [2.75, 3.05) is 0 Å². The molecule has 0 fully saturated rings. The molecule has 0 bridgehead atoms. The van der Waals surface area contributed by atoms with Crippen LogP contribution in [0, 0.1) is 6.92 Å². The quantitative estimate of drug-likeness (QED) is 0.602. The summed E-state index contributed by atoms with van der Waals surface area (Å²) >= 11 is 1.29. The number of carbonyl (C=O) groups is 2. The first-order chi connectivity index (χ1) is 7.70. The molecule has 0 aliphatic carbocycles. The van der Waals surface area contributed by atoms with E-state index in [-0.39, 0.29) is 0 Å². The predicted molar refractivity (Wildman–Crippen MR) is 62.0 cm³/mol. The highest BCUT2D eigenvalue weighted by atomic mass is 32.1. The van der Waals surface area contributed by atoms with E-state index in [9.17, 15) is 9.59 Å². The maximum atomic E-state index is 11.9. The van der Waals surface area contributed by atoms with Crippen LogP contribution in [-0.2, 0) is 0 Å². The normalized spacial score (nSPS) is 10.1. The third kappa shape index (κ3) is 1.92. The summed E-state index contributed by atoms with van der Waals surface area (Å²) in [6.07, 6.45) is 3.00. The SMILES string of the molecule is Cc1ccsc1C(=O)C(=O)c1ccncc1. The van der Waals surface area contributed by atoms with Crippen molar-refractivity contribution in [2.24, 2.45) is 0 Å². The molecule has 16 heavy (non-hydrogen) atoms. The molecule has 0 aromatic carbocycles. The first kappa shape index (κ1) is 10.7. The number of nitrogens with zero attached hydrogens (tertiary/aromatic N) is 1. The summed E-state index contributed by atoms with van der Waals surface area (Å²) in [6.45, 7) is 1.82. The molecular formula is C12H9NO2S. The van der Waals surface area contributed by atoms with E-state index in [0.29, 0.717) is 10.4 Å². The fourth-order valence-electron chi connectivity index (χ4n) is 1.34. The minimum absolute atomic E-state index is 0.382. The summed E-state index contributed by atoms with van der Waals surface area (Å²) in [5, 5.41) is 1.81. The zero-order valence-corrected chi connectivity index (χ0v) is 9.45. The average Bonchev–Trinajstić information content (AvgIpc) is 2.75. The van der Waals surface area contributed by atoms with Gasteiger partial charge in [-0.2, -0.15) is 0 Å². The lowest BCUT2D eigenvalue weighted by Crippen LogP contribution is -2.13. The standard InChI is InChI=1S/C12H9NO2S/c1-8-4-7-16-12(8)11(15)10(14)9-2-5-13-6-3-9/h2-7H,1H3. The van der Waals surface area contributed by atoms with Gasteiger partial charge in [0.15, 0.2) is 0 Å². The molecule has 0 unspecified atom stereocenters. The number of aromatic nitrogens is 1. The fourth-order valence-corrected chi connectivity index (χ4v) is 2.20. The minimum Gasteiger partial charge on any atom is -0.285 e. The maximum absolute atomic E-state index is 11.9. The fraction of sp³-hybridized carbons (Fsp3) is 0.0833. The van der Waals surface area contributed by atoms with Crippen LogP contribution in [0.5, 0.6) is 0 Å². The second-order valence-electron chi connectivity index (χ2n) is 3.33. The number of Topliss-reactive ketones (excluding diaryl/α,β-unsaturated/α-hetero) is 2. The summed E-state index contributed by atoms with van der Waals surface area (Å²) in [4.78, 5) is 28.0. The Morgan fingerprint density at radius 1 is 1.12 bits per heavy atom. The molecule has 0 spiro atoms. The van der Waals surface area contributed by atoms with Gasteiger partial charge in [0, 0.05) is 18.0 Å². The molecular weight excluding hydrogens is 222 g/mol. The third-order valence-electron chi connectivity index (χ3n) is 2.22. The van der Waals surface area contributed by atoms with Crippen molar-refractivity contribution in [3.05, 3.63) is 52.0 Å². The van der Waals surface area contributed by atoms with E-state index in [1.54, 1.807) is 12.1 Å². The Morgan fingerprint density at radius 2 is 1.81 bits per heavy atom. The van der Waals surface area contributed by atoms with Gasteiger partial charge in [-0.15, -0.1) is 11.3 Å². The van der Waals surface area contributed by atoms with Crippen LogP contribution in [0.2, 0.25) is 0 Å². The van der Waals surface area contributed by atoms with Crippen molar-refractivity contribution < 1.29 is 9.59 Å². The van der Waals surface area contributed by atoms with E-state index in [2.05, 4.69) is 4.98 Å². The Balaban J connectivity index is 2.31. The van der Waals surface area contributed by atoms with Gasteiger partial charge in [-0.25, -0.2) is 0 Å². The Bertz CT molecular complexity index is 531. The van der Waals surface area contributed by atoms with Gasteiger partial charge in [-0.05, 0) is 36.1 Å². The van der Waals surface area contributed by atoms with Gasteiger partial charge >= 0.3 is 0 Å². The summed E-state index contributed by atoms with van der Waals surface area (Å²) < 4.78 is 0. The molecule has 0 amide bonds. The van der Waals surface area contributed by atoms with Gasteiger partial charge in [-0.3, -0.25) is 14.6 Å². The number of rotatable bonds is 3. The molecule has 0 aliphatic rings. The summed E-state index contributed by atoms with van der Waals surface area (Å²) in [5.41, 5.74) is 1.23. The van der Waals surface area contributed by atoms with E-state index >= 15 is 0 Å². The number of hydrogen-bond acceptors (Lipinski definition) is 4. The topological polar surface area (TPSA) is 47.0 Å². The van der Waals surface area contributed by atoms with E-state index in [0.717, 1.165) is 5.56 Å². The zero-order valence-electron chi connectivity index (χ0n) is 8.64. The number of hydrogen-bond donors (Lipinski definition) is 0. The highest BCUT2D eigenvalue weighted by molar-refractivity contribution is 7.13. The van der Waals surface area contributed by atoms with Crippen LogP contribution < -0.4 is 0 Å². The van der Waals surface area contributed by atoms with Crippen LogP contribution in [0.1, 0.15) is 25.6 Å². The van der Waals surface area contributed by atoms with E-state index < -0.39 is 11.6 Å². The predicted octanol–water partition coefficient (Wildman–Crippen LogP) is 2.52. The van der Waals surface area contributed by atoms with Crippen molar-refractivity contribution in [1.82, 2.24) is 4.98 Å². The van der Waals surface area contributed by atoms with Crippen molar-refractivity contribution in [2.45, 2.75) is 6.92 Å². The van der Waals surface area contributed by atoms with Crippen LogP contribution in [-0.4, -0.2) is 16.6 Å². The summed E-state index contributed by atoms with van der Waals surface area (Å²) in [6, 6.07) is 4.92. The van der Waals surface area contributed by atoms with Crippen molar-refractivity contribution in [3.8, 4) is 0 Å². The molecule has 0 N–H and O–H groups in total. The smallest absolute Gasteiger partial charge is 0.243 e. The molecule has 2 aromatic rings. The van der Waals surface area contributed by atoms with Crippen LogP contribution in [0.4, 0.5) is 0 Å². The van der Waals surface area contributed by atoms with Crippen LogP contribution in [0.15, 0.2) is 36.0 Å². The lowest BCUT2D eigenvalue weighted by Gasteiger charge is -1.98. The first-order valence-electron chi connectivity index (χ1n) is 4.73. The molecule has 0 radical (unpaired) electrons. The average molecular weight is 231 g/mol. The Morgan fingerprint density at radius 3 is 2.38 bits per heavy atom. The molecule has 0 aliphatic heterocycles. The monoisotopic (exact) mass is 231 g/mol. The van der Waals surface area contributed by atoms with Gasteiger partial charge < -0.3 is 0 Å².